The summed E-state index contributed by atoms with van der Waals surface area (Å²) in [6, 6.07) is 5.70. The molecule has 1 aromatic carbocycles. The van der Waals surface area contributed by atoms with Crippen LogP contribution in [0.15, 0.2) is 24.3 Å². The van der Waals surface area contributed by atoms with Gasteiger partial charge >= 0.3 is 0 Å². The second-order valence-corrected chi connectivity index (χ2v) is 5.62. The molecule has 0 aliphatic rings. The average molecular weight is 330 g/mol. The number of rotatable bonds is 10. The number of carbonyl (C=O) groups is 6. The predicted octanol–water partition coefficient (Wildman–Crippen LogP) is 1.93. The van der Waals surface area contributed by atoms with E-state index >= 15 is 0 Å². The van der Waals surface area contributed by atoms with Gasteiger partial charge in [0.15, 0.2) is 11.6 Å². The van der Waals surface area contributed by atoms with Crippen molar-refractivity contribution in [2.24, 2.45) is 0 Å². The van der Waals surface area contributed by atoms with Gasteiger partial charge in [-0.2, -0.15) is 0 Å². The molecule has 1 aromatic rings. The summed E-state index contributed by atoms with van der Waals surface area (Å²) in [7, 11) is 0. The Bertz CT molecular complexity index is 657. The van der Waals surface area contributed by atoms with Crippen molar-refractivity contribution in [1.29, 1.82) is 0 Å². The summed E-state index contributed by atoms with van der Waals surface area (Å²) in [6.45, 7) is 2.53. The number of carbonyl (C=O) groups excluding carboxylic acids is 6. The van der Waals surface area contributed by atoms with Gasteiger partial charge in [-0.15, -0.1) is 0 Å². The van der Waals surface area contributed by atoms with Crippen LogP contribution in [0.25, 0.3) is 0 Å². The zero-order valence-electron chi connectivity index (χ0n) is 13.6. The van der Waals surface area contributed by atoms with Crippen LogP contribution in [0.2, 0.25) is 0 Å². The first-order valence-electron chi connectivity index (χ1n) is 7.37. The standard InChI is InChI=1S/C18H18O6/c1-11(19)6-15(21)9-17(23)13-4-3-5-14(8-13)18(24)10-16(22)7-12(2)20/h3-5,8H,6-7,9-10H2,1-2H3. The zero-order chi connectivity index (χ0) is 18.3. The molecule has 6 nitrogen and oxygen atoms in total. The number of hydrogen-bond donors (Lipinski definition) is 0. The van der Waals surface area contributed by atoms with Crippen molar-refractivity contribution < 1.29 is 28.8 Å². The summed E-state index contributed by atoms with van der Waals surface area (Å²) in [4.78, 5) is 68.8. The second-order valence-electron chi connectivity index (χ2n) is 5.62. The van der Waals surface area contributed by atoms with Crippen molar-refractivity contribution in [3.8, 4) is 0 Å². The SMILES string of the molecule is CC(=O)CC(=O)CC(=O)c1cccc(C(=O)CC(=O)CC(C)=O)c1. The number of benzene rings is 1. The highest BCUT2D eigenvalue weighted by Crippen LogP contribution is 2.12. The highest BCUT2D eigenvalue weighted by molar-refractivity contribution is 6.14. The molecule has 0 aromatic heterocycles. The van der Waals surface area contributed by atoms with Crippen LogP contribution in [-0.2, 0) is 19.2 Å². The van der Waals surface area contributed by atoms with Gasteiger partial charge in [0.05, 0.1) is 25.7 Å². The molecule has 0 unspecified atom stereocenters. The summed E-state index contributed by atoms with van der Waals surface area (Å²) >= 11 is 0. The highest BCUT2D eigenvalue weighted by atomic mass is 16.2. The molecule has 0 bridgehead atoms. The number of ketones is 6. The molecule has 0 radical (unpaired) electrons. The molecule has 0 aliphatic carbocycles. The molecule has 0 N–H and O–H groups in total. The lowest BCUT2D eigenvalue weighted by atomic mass is 9.98. The largest absolute Gasteiger partial charge is 0.300 e. The molecule has 0 atom stereocenters. The minimum Gasteiger partial charge on any atom is -0.300 e. The van der Waals surface area contributed by atoms with Crippen LogP contribution in [0.3, 0.4) is 0 Å². The van der Waals surface area contributed by atoms with Crippen LogP contribution in [-0.4, -0.2) is 34.7 Å². The van der Waals surface area contributed by atoms with E-state index in [4.69, 9.17) is 0 Å². The third-order valence-electron chi connectivity index (χ3n) is 3.11. The zero-order valence-corrected chi connectivity index (χ0v) is 13.6. The van der Waals surface area contributed by atoms with Gasteiger partial charge in [0.2, 0.25) is 0 Å². The lowest BCUT2D eigenvalue weighted by Crippen LogP contribution is -2.13. The highest BCUT2D eigenvalue weighted by Gasteiger charge is 2.17. The molecule has 0 spiro atoms. The first-order valence-corrected chi connectivity index (χ1v) is 7.37. The third-order valence-corrected chi connectivity index (χ3v) is 3.11. The third kappa shape index (κ3) is 6.56. The maximum atomic E-state index is 12.0. The molecule has 1 rings (SSSR count). The summed E-state index contributed by atoms with van der Waals surface area (Å²) < 4.78 is 0. The molecule has 0 fully saturated rings. The van der Waals surface area contributed by atoms with E-state index in [1.165, 1.54) is 38.1 Å². The van der Waals surface area contributed by atoms with Crippen LogP contribution in [0.5, 0.6) is 0 Å². The molecular weight excluding hydrogens is 312 g/mol. The molecule has 0 amide bonds. The molecule has 0 saturated heterocycles. The molecule has 126 valence electrons. The average Bonchev–Trinajstić information content (AvgIpc) is 2.45. The topological polar surface area (TPSA) is 102 Å². The van der Waals surface area contributed by atoms with Gasteiger partial charge in [0.25, 0.3) is 0 Å². The fourth-order valence-corrected chi connectivity index (χ4v) is 2.11. The van der Waals surface area contributed by atoms with Gasteiger partial charge in [0.1, 0.15) is 23.1 Å². The smallest absolute Gasteiger partial charge is 0.170 e. The minimum absolute atomic E-state index is 0.164. The van der Waals surface area contributed by atoms with Crippen LogP contribution in [0, 0.1) is 0 Å². The molecule has 24 heavy (non-hydrogen) atoms. The van der Waals surface area contributed by atoms with Crippen molar-refractivity contribution in [3.05, 3.63) is 35.4 Å². The van der Waals surface area contributed by atoms with Gasteiger partial charge in [-0.05, 0) is 19.9 Å². The number of Topliss-reactive ketones (excluding diaryl/α,β-unsaturated/α-hetero) is 6. The quantitative estimate of drug-likeness (QED) is 0.480. The Morgan fingerprint density at radius 3 is 1.38 bits per heavy atom. The maximum absolute atomic E-state index is 12.0. The molecule has 6 heteroatoms. The minimum atomic E-state index is -0.494. The van der Waals surface area contributed by atoms with Gasteiger partial charge < -0.3 is 0 Å². The first kappa shape index (κ1) is 19.3. The summed E-state index contributed by atoms with van der Waals surface area (Å²) in [5.74, 6) is -2.60. The second kappa shape index (κ2) is 8.76. The summed E-state index contributed by atoms with van der Waals surface area (Å²) in [5, 5.41) is 0. The lowest BCUT2D eigenvalue weighted by Gasteiger charge is -2.04. The fourth-order valence-electron chi connectivity index (χ4n) is 2.11. The van der Waals surface area contributed by atoms with Gasteiger partial charge in [0, 0.05) is 11.1 Å². The Morgan fingerprint density at radius 1 is 0.667 bits per heavy atom. The molecule has 0 heterocycles. The van der Waals surface area contributed by atoms with Crippen molar-refractivity contribution in [2.45, 2.75) is 39.5 Å². The fraction of sp³-hybridized carbons (Fsp3) is 0.333. The van der Waals surface area contributed by atoms with E-state index in [0.717, 1.165) is 0 Å². The van der Waals surface area contributed by atoms with E-state index in [1.54, 1.807) is 0 Å². The van der Waals surface area contributed by atoms with Gasteiger partial charge in [-0.25, -0.2) is 0 Å². The monoisotopic (exact) mass is 330 g/mol. The van der Waals surface area contributed by atoms with Crippen LogP contribution < -0.4 is 0 Å². The van der Waals surface area contributed by atoms with Gasteiger partial charge in [-0.1, -0.05) is 18.2 Å². The first-order chi connectivity index (χ1) is 11.2. The Morgan fingerprint density at radius 2 is 1.04 bits per heavy atom. The Hall–Kier alpha value is -2.76. The molecule has 0 saturated carbocycles. The Kier molecular flexibility index (Phi) is 7.04. The Labute approximate surface area is 139 Å². The van der Waals surface area contributed by atoms with Crippen molar-refractivity contribution in [2.75, 3.05) is 0 Å². The Balaban J connectivity index is 2.78. The predicted molar refractivity (Wildman–Crippen MR) is 84.9 cm³/mol. The van der Waals surface area contributed by atoms with Gasteiger partial charge in [-0.3, -0.25) is 28.8 Å². The van der Waals surface area contributed by atoms with Crippen molar-refractivity contribution in [3.63, 3.8) is 0 Å². The summed E-state index contributed by atoms with van der Waals surface area (Å²) in [5.41, 5.74) is 0.327. The van der Waals surface area contributed by atoms with Crippen molar-refractivity contribution >= 4 is 34.7 Å². The van der Waals surface area contributed by atoms with E-state index < -0.39 is 36.0 Å². The number of hydrogen-bond acceptors (Lipinski definition) is 6. The molecular formula is C18H18O6. The summed E-state index contributed by atoms with van der Waals surface area (Å²) in [6.07, 6.45) is -1.44. The van der Waals surface area contributed by atoms with Crippen molar-refractivity contribution in [1.82, 2.24) is 0 Å². The van der Waals surface area contributed by atoms with E-state index in [9.17, 15) is 28.8 Å². The van der Waals surface area contributed by atoms with Crippen LogP contribution >= 0.6 is 0 Å². The molecule has 0 aliphatic heterocycles. The maximum Gasteiger partial charge on any atom is 0.170 e. The normalized spacial score (nSPS) is 10.1. The van der Waals surface area contributed by atoms with E-state index in [1.807, 2.05) is 0 Å². The lowest BCUT2D eigenvalue weighted by molar-refractivity contribution is -0.127. The van der Waals surface area contributed by atoms with Crippen LogP contribution in [0.4, 0.5) is 0 Å². The van der Waals surface area contributed by atoms with E-state index in [-0.39, 0.29) is 35.5 Å². The van der Waals surface area contributed by atoms with E-state index in [2.05, 4.69) is 0 Å². The van der Waals surface area contributed by atoms with Crippen LogP contribution in [0.1, 0.15) is 60.2 Å². The van der Waals surface area contributed by atoms with E-state index in [0.29, 0.717) is 0 Å².